The predicted octanol–water partition coefficient (Wildman–Crippen LogP) is 7.46. The number of hydrogen-bond donors (Lipinski definition) is 0. The van der Waals surface area contributed by atoms with E-state index in [1.54, 1.807) is 0 Å². The molecule has 158 valence electrons. The van der Waals surface area contributed by atoms with Gasteiger partial charge in [0.2, 0.25) is 0 Å². The van der Waals surface area contributed by atoms with Crippen molar-refractivity contribution in [3.63, 3.8) is 0 Å². The number of halogens is 1. The molecule has 26 heavy (non-hydrogen) atoms. The lowest BCUT2D eigenvalue weighted by Gasteiger charge is -2.43. The van der Waals surface area contributed by atoms with Crippen molar-refractivity contribution in [2.45, 2.75) is 117 Å². The van der Waals surface area contributed by atoms with Gasteiger partial charge >= 0.3 is 9.14 Å². The van der Waals surface area contributed by atoms with Crippen molar-refractivity contribution in [2.75, 3.05) is 0 Å². The lowest BCUT2D eigenvalue weighted by atomic mass is 10.9. The Morgan fingerprint density at radius 1 is 0.423 bits per heavy atom. The van der Waals surface area contributed by atoms with Crippen LogP contribution >= 0.6 is 0 Å². The monoisotopic (exact) mass is 440 g/mol. The van der Waals surface area contributed by atoms with Gasteiger partial charge < -0.3 is 12.3 Å². The third kappa shape index (κ3) is 6.63. The molecule has 8 heteroatoms. The van der Waals surface area contributed by atoms with Gasteiger partial charge in [0.25, 0.3) is 0 Å². The van der Waals surface area contributed by atoms with Crippen LogP contribution in [0.2, 0.25) is 54.4 Å². The van der Waals surface area contributed by atoms with Gasteiger partial charge in [-0.1, -0.05) is 62.3 Å². The third-order valence-corrected chi connectivity index (χ3v) is 26.5. The highest BCUT2D eigenvalue weighted by Crippen LogP contribution is 2.37. The average molecular weight is 441 g/mol. The second-order valence-electron chi connectivity index (χ2n) is 7.52. The largest absolute Gasteiger partial charge is 0.688 e. The highest BCUT2D eigenvalue weighted by atomic mass is 28.5. The van der Waals surface area contributed by atoms with Gasteiger partial charge in [0, 0.05) is 0 Å². The molecular formula is C18H45FO3Si4. The lowest BCUT2D eigenvalue weighted by molar-refractivity contribution is 0.180. The average Bonchev–Trinajstić information content (AvgIpc) is 2.69. The molecule has 0 spiro atoms. The minimum atomic E-state index is -4.16. The minimum absolute atomic E-state index is 0.920. The van der Waals surface area contributed by atoms with Crippen molar-refractivity contribution < 1.29 is 16.5 Å². The summed E-state index contributed by atoms with van der Waals surface area (Å²) in [5, 5.41) is 0. The Morgan fingerprint density at radius 3 is 0.692 bits per heavy atom. The van der Waals surface area contributed by atoms with Crippen LogP contribution in [0.4, 0.5) is 4.11 Å². The lowest BCUT2D eigenvalue weighted by Crippen LogP contribution is -2.62. The standard InChI is InChI=1S/C18H45FO3Si4/c1-10-23(11-2,12-3)20-26(19,21-24(13-4,14-5)15-6)22-25(16-7,17-8)18-9/h10-18H2,1-9H3. The molecule has 0 fully saturated rings. The van der Waals surface area contributed by atoms with Gasteiger partial charge in [-0.05, 0) is 54.4 Å². The van der Waals surface area contributed by atoms with Crippen LogP contribution in [0.25, 0.3) is 0 Å². The van der Waals surface area contributed by atoms with Gasteiger partial charge in [-0.3, -0.25) is 0 Å². The second-order valence-corrected chi connectivity index (χ2v) is 24.4. The summed E-state index contributed by atoms with van der Waals surface area (Å²) in [4.78, 5) is 0. The molecule has 0 saturated carbocycles. The molecule has 0 aliphatic carbocycles. The first kappa shape index (κ1) is 26.7. The zero-order valence-corrected chi connectivity index (χ0v) is 23.0. The number of hydrogen-bond acceptors (Lipinski definition) is 3. The quantitative estimate of drug-likeness (QED) is 0.195. The topological polar surface area (TPSA) is 27.7 Å². The van der Waals surface area contributed by atoms with E-state index in [9.17, 15) is 0 Å². The second kappa shape index (κ2) is 11.6. The summed E-state index contributed by atoms with van der Waals surface area (Å²) in [6.45, 7) is 19.3. The van der Waals surface area contributed by atoms with E-state index in [-0.39, 0.29) is 0 Å². The maximum absolute atomic E-state index is 16.5. The summed E-state index contributed by atoms with van der Waals surface area (Å²) in [5.41, 5.74) is 0. The first-order valence-electron chi connectivity index (χ1n) is 11.0. The molecular weight excluding hydrogens is 396 g/mol. The SMILES string of the molecule is CC[Si](CC)(CC)O[Si](F)(O[Si](CC)(CC)CC)O[Si](CC)(CC)CC. The summed E-state index contributed by atoms with van der Waals surface area (Å²) in [6, 6.07) is 8.28. The third-order valence-electron chi connectivity index (χ3n) is 6.81. The van der Waals surface area contributed by atoms with Gasteiger partial charge in [0.05, 0.1) is 0 Å². The fourth-order valence-corrected chi connectivity index (χ4v) is 21.3. The van der Waals surface area contributed by atoms with Crippen molar-refractivity contribution in [2.24, 2.45) is 0 Å². The molecule has 0 saturated heterocycles. The molecule has 0 radical (unpaired) electrons. The maximum Gasteiger partial charge on any atom is 0.688 e. The molecule has 0 aromatic carbocycles. The first-order valence-corrected chi connectivity index (χ1v) is 20.2. The smallest absolute Gasteiger partial charge is 0.392 e. The first-order chi connectivity index (χ1) is 12.2. The minimum Gasteiger partial charge on any atom is -0.392 e. The molecule has 0 aliphatic rings. The molecule has 0 N–H and O–H groups in total. The van der Waals surface area contributed by atoms with Gasteiger partial charge in [-0.25, -0.2) is 4.11 Å². The molecule has 0 aromatic heterocycles. The fourth-order valence-electron chi connectivity index (χ4n) is 3.74. The Hall–Kier alpha value is 0.678. The Labute approximate surface area is 167 Å². The summed E-state index contributed by atoms with van der Waals surface area (Å²) in [6.07, 6.45) is 0. The van der Waals surface area contributed by atoms with E-state index in [0.29, 0.717) is 0 Å². The van der Waals surface area contributed by atoms with Crippen molar-refractivity contribution in [3.8, 4) is 0 Å². The molecule has 0 rings (SSSR count). The molecule has 0 heterocycles. The molecule has 3 nitrogen and oxygen atoms in total. The van der Waals surface area contributed by atoms with Crippen molar-refractivity contribution in [1.82, 2.24) is 0 Å². The van der Waals surface area contributed by atoms with Gasteiger partial charge in [0.1, 0.15) is 0 Å². The molecule has 0 aliphatic heterocycles. The normalized spacial score (nSPS) is 14.1. The van der Waals surface area contributed by atoms with Gasteiger partial charge in [0.15, 0.2) is 25.0 Å². The van der Waals surface area contributed by atoms with E-state index in [4.69, 9.17) is 12.3 Å². The van der Waals surface area contributed by atoms with Crippen molar-refractivity contribution >= 4 is 34.1 Å². The van der Waals surface area contributed by atoms with Crippen LogP contribution in [0.1, 0.15) is 62.3 Å². The van der Waals surface area contributed by atoms with Gasteiger partial charge in [-0.15, -0.1) is 0 Å². The van der Waals surface area contributed by atoms with E-state index in [1.165, 1.54) is 0 Å². The van der Waals surface area contributed by atoms with E-state index >= 15 is 4.11 Å². The Morgan fingerprint density at radius 2 is 0.577 bits per heavy atom. The van der Waals surface area contributed by atoms with Crippen LogP contribution in [0, 0.1) is 0 Å². The highest BCUT2D eigenvalue weighted by molar-refractivity contribution is 6.90. The summed E-state index contributed by atoms with van der Waals surface area (Å²) in [7, 11) is -10.6. The van der Waals surface area contributed by atoms with Crippen LogP contribution in [-0.4, -0.2) is 34.1 Å². The van der Waals surface area contributed by atoms with Crippen LogP contribution < -0.4 is 0 Å². The summed E-state index contributed by atoms with van der Waals surface area (Å²) >= 11 is 0. The molecule has 0 atom stereocenters. The van der Waals surface area contributed by atoms with Crippen LogP contribution in [0.5, 0.6) is 0 Å². The van der Waals surface area contributed by atoms with E-state index < -0.39 is 34.1 Å². The Kier molecular flexibility index (Phi) is 11.9. The number of rotatable bonds is 15. The van der Waals surface area contributed by atoms with Crippen LogP contribution in [0.15, 0.2) is 0 Å². The van der Waals surface area contributed by atoms with Gasteiger partial charge in [-0.2, -0.15) is 0 Å². The van der Waals surface area contributed by atoms with E-state index in [0.717, 1.165) is 54.4 Å². The highest BCUT2D eigenvalue weighted by Gasteiger charge is 2.58. The zero-order valence-electron chi connectivity index (χ0n) is 19.0. The van der Waals surface area contributed by atoms with E-state index in [2.05, 4.69) is 62.3 Å². The Balaban J connectivity index is 5.99. The maximum atomic E-state index is 16.5. The van der Waals surface area contributed by atoms with Crippen LogP contribution in [0.3, 0.4) is 0 Å². The van der Waals surface area contributed by atoms with Crippen molar-refractivity contribution in [1.29, 1.82) is 0 Å². The van der Waals surface area contributed by atoms with Crippen LogP contribution in [-0.2, 0) is 12.3 Å². The predicted molar refractivity (Wildman–Crippen MR) is 122 cm³/mol. The zero-order chi connectivity index (χ0) is 20.5. The summed E-state index contributed by atoms with van der Waals surface area (Å²) in [5.74, 6) is 0. The molecule has 0 unspecified atom stereocenters. The van der Waals surface area contributed by atoms with E-state index in [1.807, 2.05) is 0 Å². The van der Waals surface area contributed by atoms with Crippen molar-refractivity contribution in [3.05, 3.63) is 0 Å². The molecule has 0 bridgehead atoms. The Bertz CT molecular complexity index is 307. The summed E-state index contributed by atoms with van der Waals surface area (Å²) < 4.78 is 35.8. The molecule has 0 aromatic rings. The fraction of sp³-hybridized carbons (Fsp3) is 1.00. The molecule has 0 amide bonds.